The number of urea groups is 1. The molecule has 2 heterocycles. The van der Waals surface area contributed by atoms with Crippen molar-refractivity contribution in [3.8, 4) is 11.4 Å². The predicted octanol–water partition coefficient (Wildman–Crippen LogP) is 1.43. The van der Waals surface area contributed by atoms with Gasteiger partial charge in [0, 0.05) is 24.9 Å². The third kappa shape index (κ3) is 3.21. The van der Waals surface area contributed by atoms with Crippen LogP contribution in [0.3, 0.4) is 0 Å². The third-order valence-electron chi connectivity index (χ3n) is 3.59. The van der Waals surface area contributed by atoms with Crippen LogP contribution in [-0.2, 0) is 11.8 Å². The number of hydrogen-bond donors (Lipinski definition) is 1. The van der Waals surface area contributed by atoms with Crippen LogP contribution >= 0.6 is 11.8 Å². The highest BCUT2D eigenvalue weighted by Gasteiger charge is 2.27. The number of aryl methyl sites for hydroxylation is 1. The highest BCUT2D eigenvalue weighted by molar-refractivity contribution is 7.99. The largest absolute Gasteiger partial charge is 0.329 e. The van der Waals surface area contributed by atoms with Crippen LogP contribution in [0.2, 0.25) is 0 Å². The molecule has 2 aromatic rings. The van der Waals surface area contributed by atoms with Gasteiger partial charge in [0.15, 0.2) is 11.0 Å². The van der Waals surface area contributed by atoms with Crippen molar-refractivity contribution >= 4 is 23.7 Å². The van der Waals surface area contributed by atoms with E-state index in [1.54, 1.807) is 0 Å². The summed E-state index contributed by atoms with van der Waals surface area (Å²) >= 11 is 1.47. The van der Waals surface area contributed by atoms with E-state index in [-0.39, 0.29) is 18.5 Å². The van der Waals surface area contributed by atoms with Gasteiger partial charge >= 0.3 is 6.03 Å². The molecule has 0 spiro atoms. The summed E-state index contributed by atoms with van der Waals surface area (Å²) in [6.45, 7) is 2.49. The molecule has 1 aromatic carbocycles. The number of benzene rings is 1. The molecule has 120 valence electrons. The molecule has 1 N–H and O–H groups in total. The Bertz CT molecular complexity index is 742. The van der Waals surface area contributed by atoms with Gasteiger partial charge < -0.3 is 9.88 Å². The lowest BCUT2D eigenvalue weighted by Gasteiger charge is -2.11. The van der Waals surface area contributed by atoms with Gasteiger partial charge in [0.05, 0.1) is 6.54 Å². The van der Waals surface area contributed by atoms with Gasteiger partial charge in [0.1, 0.15) is 0 Å². The molecule has 3 rings (SSSR count). The van der Waals surface area contributed by atoms with E-state index in [0.717, 1.165) is 16.5 Å². The summed E-state index contributed by atoms with van der Waals surface area (Å²) in [7, 11) is 1.91. The van der Waals surface area contributed by atoms with Gasteiger partial charge in [-0.05, 0) is 13.0 Å². The minimum absolute atomic E-state index is 0.0883. The van der Waals surface area contributed by atoms with Crippen molar-refractivity contribution in [1.82, 2.24) is 25.0 Å². The highest BCUT2D eigenvalue weighted by Crippen LogP contribution is 2.23. The minimum atomic E-state index is -0.325. The molecule has 0 aliphatic carbocycles. The van der Waals surface area contributed by atoms with Gasteiger partial charge in [-0.25, -0.2) is 4.79 Å². The molecule has 8 heteroatoms. The summed E-state index contributed by atoms with van der Waals surface area (Å²) in [5.41, 5.74) is 2.18. The van der Waals surface area contributed by atoms with Crippen molar-refractivity contribution in [3.05, 3.63) is 29.8 Å². The van der Waals surface area contributed by atoms with E-state index >= 15 is 0 Å². The molecule has 1 saturated heterocycles. The molecule has 0 bridgehead atoms. The molecular weight excluding hydrogens is 314 g/mol. The lowest BCUT2D eigenvalue weighted by molar-refractivity contribution is -0.124. The Kier molecular flexibility index (Phi) is 4.33. The van der Waals surface area contributed by atoms with Crippen LogP contribution in [0.1, 0.15) is 5.56 Å². The first kappa shape index (κ1) is 15.5. The van der Waals surface area contributed by atoms with E-state index in [9.17, 15) is 9.59 Å². The number of aromatic nitrogens is 3. The second-order valence-corrected chi connectivity index (χ2v) is 6.35. The van der Waals surface area contributed by atoms with Gasteiger partial charge in [0.25, 0.3) is 0 Å². The van der Waals surface area contributed by atoms with Gasteiger partial charge in [-0.2, -0.15) is 0 Å². The molecule has 0 radical (unpaired) electrons. The van der Waals surface area contributed by atoms with Gasteiger partial charge in [0.2, 0.25) is 5.91 Å². The smallest absolute Gasteiger partial charge is 0.324 e. The van der Waals surface area contributed by atoms with E-state index in [1.165, 1.54) is 22.2 Å². The average molecular weight is 331 g/mol. The number of thioether (sulfide) groups is 1. The fourth-order valence-corrected chi connectivity index (χ4v) is 3.22. The van der Waals surface area contributed by atoms with Crippen molar-refractivity contribution in [2.24, 2.45) is 7.05 Å². The van der Waals surface area contributed by atoms with Crippen LogP contribution in [-0.4, -0.2) is 50.4 Å². The summed E-state index contributed by atoms with van der Waals surface area (Å²) in [5, 5.41) is 11.7. The zero-order valence-corrected chi connectivity index (χ0v) is 13.8. The Balaban J connectivity index is 1.66. The molecule has 7 nitrogen and oxygen atoms in total. The van der Waals surface area contributed by atoms with Crippen LogP contribution < -0.4 is 5.32 Å². The van der Waals surface area contributed by atoms with Crippen LogP contribution in [0, 0.1) is 6.92 Å². The number of carbonyl (C=O) groups is 2. The zero-order valence-electron chi connectivity index (χ0n) is 12.9. The average Bonchev–Trinajstić information content (AvgIpc) is 3.04. The number of amides is 3. The van der Waals surface area contributed by atoms with E-state index < -0.39 is 0 Å². The molecular formula is C15H17N5O2S. The summed E-state index contributed by atoms with van der Waals surface area (Å²) < 4.78 is 1.92. The normalized spacial score (nSPS) is 14.4. The van der Waals surface area contributed by atoms with Gasteiger partial charge in [-0.1, -0.05) is 35.5 Å². The van der Waals surface area contributed by atoms with E-state index in [0.29, 0.717) is 12.3 Å². The Morgan fingerprint density at radius 2 is 2.13 bits per heavy atom. The number of carbonyl (C=O) groups excluding carboxylic acids is 2. The Morgan fingerprint density at radius 3 is 2.83 bits per heavy atom. The Morgan fingerprint density at radius 1 is 1.30 bits per heavy atom. The van der Waals surface area contributed by atoms with Crippen molar-refractivity contribution in [2.75, 3.05) is 18.8 Å². The molecule has 3 amide bonds. The maximum absolute atomic E-state index is 11.5. The fourth-order valence-electron chi connectivity index (χ4n) is 2.39. The number of imide groups is 1. The Labute approximate surface area is 138 Å². The number of nitrogens with zero attached hydrogens (tertiary/aromatic N) is 4. The molecule has 1 aliphatic rings. The topological polar surface area (TPSA) is 80.1 Å². The van der Waals surface area contributed by atoms with E-state index in [2.05, 4.69) is 21.6 Å². The van der Waals surface area contributed by atoms with Crippen molar-refractivity contribution in [2.45, 2.75) is 12.1 Å². The fraction of sp³-hybridized carbons (Fsp3) is 0.333. The van der Waals surface area contributed by atoms with Crippen LogP contribution in [0.25, 0.3) is 11.4 Å². The SMILES string of the molecule is Cc1cccc(-c2nnc(SCCN3C(=O)CNC3=O)n2C)c1. The van der Waals surface area contributed by atoms with Crippen molar-refractivity contribution in [1.29, 1.82) is 0 Å². The van der Waals surface area contributed by atoms with Crippen molar-refractivity contribution in [3.63, 3.8) is 0 Å². The van der Waals surface area contributed by atoms with E-state index in [4.69, 9.17) is 0 Å². The monoisotopic (exact) mass is 331 g/mol. The van der Waals surface area contributed by atoms with Crippen molar-refractivity contribution < 1.29 is 9.59 Å². The molecule has 0 unspecified atom stereocenters. The number of rotatable bonds is 5. The molecule has 0 atom stereocenters. The second-order valence-electron chi connectivity index (χ2n) is 5.29. The quantitative estimate of drug-likeness (QED) is 0.662. The van der Waals surface area contributed by atoms with Gasteiger partial charge in [-0.15, -0.1) is 10.2 Å². The summed E-state index contributed by atoms with van der Waals surface area (Å²) in [5.74, 6) is 1.19. The summed E-state index contributed by atoms with van der Waals surface area (Å²) in [4.78, 5) is 24.2. The highest BCUT2D eigenvalue weighted by atomic mass is 32.2. The molecule has 23 heavy (non-hydrogen) atoms. The second kappa shape index (κ2) is 6.41. The maximum atomic E-state index is 11.5. The lowest BCUT2D eigenvalue weighted by atomic mass is 10.1. The summed E-state index contributed by atoms with van der Waals surface area (Å²) in [6.07, 6.45) is 0. The first-order chi connectivity index (χ1) is 11.1. The van der Waals surface area contributed by atoms with E-state index in [1.807, 2.05) is 36.7 Å². The minimum Gasteiger partial charge on any atom is -0.329 e. The van der Waals surface area contributed by atoms with Crippen LogP contribution in [0.5, 0.6) is 0 Å². The first-order valence-corrected chi connectivity index (χ1v) is 8.22. The number of nitrogens with one attached hydrogen (secondary N) is 1. The third-order valence-corrected chi connectivity index (χ3v) is 4.59. The standard InChI is InChI=1S/C15H17N5O2S/c1-10-4-3-5-11(8-10)13-17-18-15(19(13)2)23-7-6-20-12(21)9-16-14(20)22/h3-5,8H,6-7,9H2,1-2H3,(H,16,22). The van der Waals surface area contributed by atoms with Gasteiger partial charge in [-0.3, -0.25) is 9.69 Å². The lowest BCUT2D eigenvalue weighted by Crippen LogP contribution is -2.32. The maximum Gasteiger partial charge on any atom is 0.324 e. The predicted molar refractivity (Wildman–Crippen MR) is 87.0 cm³/mol. The molecule has 1 fully saturated rings. The first-order valence-electron chi connectivity index (χ1n) is 7.23. The zero-order chi connectivity index (χ0) is 16.4. The molecule has 0 saturated carbocycles. The number of hydrogen-bond acceptors (Lipinski definition) is 5. The van der Waals surface area contributed by atoms with Crippen LogP contribution in [0.4, 0.5) is 4.79 Å². The Hall–Kier alpha value is -2.35. The molecule has 1 aliphatic heterocycles. The van der Waals surface area contributed by atoms with Crippen LogP contribution in [0.15, 0.2) is 29.4 Å². The molecule has 1 aromatic heterocycles. The summed E-state index contributed by atoms with van der Waals surface area (Å²) in [6, 6.07) is 7.76.